The van der Waals surface area contributed by atoms with Gasteiger partial charge in [0.2, 0.25) is 11.8 Å². The van der Waals surface area contributed by atoms with Crippen molar-refractivity contribution in [2.75, 3.05) is 5.32 Å². The summed E-state index contributed by atoms with van der Waals surface area (Å²) >= 11 is 5.98. The summed E-state index contributed by atoms with van der Waals surface area (Å²) in [5.74, 6) is -0.196. The van der Waals surface area contributed by atoms with Crippen LogP contribution in [0.15, 0.2) is 48.5 Å². The molecular weight excluding hydrogens is 336 g/mol. The second-order valence-corrected chi connectivity index (χ2v) is 7.20. The highest BCUT2D eigenvalue weighted by molar-refractivity contribution is 6.30. The van der Waals surface area contributed by atoms with Crippen LogP contribution < -0.4 is 10.6 Å². The van der Waals surface area contributed by atoms with Gasteiger partial charge in [-0.1, -0.05) is 41.9 Å². The standard InChI is InChI=1S/C20H19ClN2O2/c21-14-9-7-13(8-10-14)19(12-5-6-12)23-20(25)16-11-18(24)22-17-4-2-1-3-15(16)17/h1-4,7-10,12,16,19H,5-6,11H2,(H,22,24)(H,23,25). The minimum absolute atomic E-state index is 0.0260. The van der Waals surface area contributed by atoms with E-state index in [1.807, 2.05) is 48.5 Å². The molecule has 2 aromatic rings. The number of rotatable bonds is 4. The van der Waals surface area contributed by atoms with Gasteiger partial charge in [-0.05, 0) is 48.1 Å². The van der Waals surface area contributed by atoms with E-state index in [1.54, 1.807) is 0 Å². The molecule has 0 aromatic heterocycles. The van der Waals surface area contributed by atoms with Gasteiger partial charge in [-0.2, -0.15) is 0 Å². The van der Waals surface area contributed by atoms with Crippen molar-refractivity contribution in [3.8, 4) is 0 Å². The molecule has 0 saturated heterocycles. The summed E-state index contributed by atoms with van der Waals surface area (Å²) in [7, 11) is 0. The lowest BCUT2D eigenvalue weighted by Crippen LogP contribution is -2.37. The normalized spacial score (nSPS) is 20.4. The van der Waals surface area contributed by atoms with Gasteiger partial charge in [0.25, 0.3) is 0 Å². The molecule has 2 aliphatic rings. The van der Waals surface area contributed by atoms with Gasteiger partial charge in [-0.25, -0.2) is 0 Å². The van der Waals surface area contributed by atoms with Crippen LogP contribution in [0.2, 0.25) is 5.02 Å². The number of nitrogens with one attached hydrogen (secondary N) is 2. The van der Waals surface area contributed by atoms with Crippen molar-refractivity contribution in [3.05, 3.63) is 64.7 Å². The summed E-state index contributed by atoms with van der Waals surface area (Å²) in [5, 5.41) is 6.70. The Labute approximate surface area is 151 Å². The molecule has 5 heteroatoms. The Hall–Kier alpha value is -2.33. The van der Waals surface area contributed by atoms with E-state index in [4.69, 9.17) is 11.6 Å². The van der Waals surface area contributed by atoms with Crippen LogP contribution in [0.4, 0.5) is 5.69 Å². The minimum Gasteiger partial charge on any atom is -0.348 e. The Morgan fingerprint density at radius 2 is 1.84 bits per heavy atom. The lowest BCUT2D eigenvalue weighted by Gasteiger charge is -2.27. The lowest BCUT2D eigenvalue weighted by molar-refractivity contribution is -0.127. The Bertz CT molecular complexity index is 815. The number of fused-ring (bicyclic) bond motifs is 1. The third-order valence-corrected chi connectivity index (χ3v) is 5.19. The van der Waals surface area contributed by atoms with E-state index in [0.29, 0.717) is 10.9 Å². The first-order valence-corrected chi connectivity index (χ1v) is 8.94. The first kappa shape index (κ1) is 16.2. The van der Waals surface area contributed by atoms with Gasteiger partial charge in [0.1, 0.15) is 0 Å². The summed E-state index contributed by atoms with van der Waals surface area (Å²) in [6.45, 7) is 0. The molecule has 2 atom stereocenters. The van der Waals surface area contributed by atoms with Crippen LogP contribution in [0.1, 0.15) is 42.3 Å². The van der Waals surface area contributed by atoms with Gasteiger partial charge < -0.3 is 10.6 Å². The largest absolute Gasteiger partial charge is 0.348 e. The molecule has 2 aromatic carbocycles. The molecule has 2 unspecified atom stereocenters. The maximum absolute atomic E-state index is 13.0. The van der Waals surface area contributed by atoms with Crippen molar-refractivity contribution in [1.29, 1.82) is 0 Å². The van der Waals surface area contributed by atoms with Gasteiger partial charge in [0.15, 0.2) is 0 Å². The Kier molecular flexibility index (Phi) is 4.22. The highest BCUT2D eigenvalue weighted by atomic mass is 35.5. The average Bonchev–Trinajstić information content (AvgIpc) is 3.44. The molecule has 1 fully saturated rings. The molecule has 2 N–H and O–H groups in total. The minimum atomic E-state index is -0.446. The van der Waals surface area contributed by atoms with Crippen LogP contribution in [0.3, 0.4) is 0 Å². The molecule has 25 heavy (non-hydrogen) atoms. The monoisotopic (exact) mass is 354 g/mol. The maximum Gasteiger partial charge on any atom is 0.228 e. The van der Waals surface area contributed by atoms with Crippen LogP contribution in [-0.2, 0) is 9.59 Å². The van der Waals surface area contributed by atoms with Crippen molar-refractivity contribution in [2.45, 2.75) is 31.2 Å². The number of hydrogen-bond acceptors (Lipinski definition) is 2. The van der Waals surface area contributed by atoms with E-state index in [2.05, 4.69) is 10.6 Å². The average molecular weight is 355 g/mol. The van der Waals surface area contributed by atoms with Gasteiger partial charge in [-0.3, -0.25) is 9.59 Å². The number of benzene rings is 2. The first-order chi connectivity index (χ1) is 12.1. The third kappa shape index (κ3) is 3.40. The molecule has 1 aliphatic carbocycles. The first-order valence-electron chi connectivity index (χ1n) is 8.56. The molecule has 2 amide bonds. The fraction of sp³-hybridized carbons (Fsp3) is 0.300. The molecular formula is C20H19ClN2O2. The molecule has 1 heterocycles. The van der Waals surface area contributed by atoms with E-state index in [1.165, 1.54) is 0 Å². The number of carbonyl (C=O) groups excluding carboxylic acids is 2. The van der Waals surface area contributed by atoms with Crippen molar-refractivity contribution in [1.82, 2.24) is 5.32 Å². The molecule has 4 nitrogen and oxygen atoms in total. The fourth-order valence-corrected chi connectivity index (χ4v) is 3.60. The van der Waals surface area contributed by atoms with Crippen LogP contribution in [0.5, 0.6) is 0 Å². The zero-order valence-electron chi connectivity index (χ0n) is 13.7. The Morgan fingerprint density at radius 1 is 1.12 bits per heavy atom. The van der Waals surface area contributed by atoms with E-state index < -0.39 is 5.92 Å². The summed E-state index contributed by atoms with van der Waals surface area (Å²) in [6.07, 6.45) is 2.39. The summed E-state index contributed by atoms with van der Waals surface area (Å²) in [6, 6.07) is 15.1. The van der Waals surface area contributed by atoms with Crippen LogP contribution in [0, 0.1) is 5.92 Å². The molecule has 0 bridgehead atoms. The number of anilines is 1. The SMILES string of the molecule is O=C1CC(C(=O)NC(c2ccc(Cl)cc2)C2CC2)c2ccccc2N1. The predicted octanol–water partition coefficient (Wildman–Crippen LogP) is 4.03. The molecule has 1 saturated carbocycles. The second-order valence-electron chi connectivity index (χ2n) is 6.77. The van der Waals surface area contributed by atoms with Gasteiger partial charge in [0.05, 0.1) is 12.0 Å². The van der Waals surface area contributed by atoms with Crippen LogP contribution in [0.25, 0.3) is 0 Å². The van der Waals surface area contributed by atoms with Gasteiger partial charge >= 0.3 is 0 Å². The summed E-state index contributed by atoms with van der Waals surface area (Å²) in [5.41, 5.74) is 2.67. The highest BCUT2D eigenvalue weighted by Crippen LogP contribution is 2.42. The van der Waals surface area contributed by atoms with Crippen molar-refractivity contribution < 1.29 is 9.59 Å². The number of halogens is 1. The Balaban J connectivity index is 1.58. The highest BCUT2D eigenvalue weighted by Gasteiger charge is 2.37. The van der Waals surface area contributed by atoms with E-state index in [9.17, 15) is 9.59 Å². The van der Waals surface area contributed by atoms with Crippen LogP contribution >= 0.6 is 11.6 Å². The fourth-order valence-electron chi connectivity index (χ4n) is 3.47. The van der Waals surface area contributed by atoms with E-state index in [-0.39, 0.29) is 24.3 Å². The van der Waals surface area contributed by atoms with Gasteiger partial charge in [-0.15, -0.1) is 0 Å². The van der Waals surface area contributed by atoms with E-state index >= 15 is 0 Å². The quantitative estimate of drug-likeness (QED) is 0.870. The Morgan fingerprint density at radius 3 is 2.56 bits per heavy atom. The maximum atomic E-state index is 13.0. The smallest absolute Gasteiger partial charge is 0.228 e. The number of amides is 2. The zero-order valence-corrected chi connectivity index (χ0v) is 14.4. The van der Waals surface area contributed by atoms with Crippen molar-refractivity contribution in [3.63, 3.8) is 0 Å². The van der Waals surface area contributed by atoms with Crippen molar-refractivity contribution in [2.24, 2.45) is 5.92 Å². The van der Waals surface area contributed by atoms with Crippen LogP contribution in [-0.4, -0.2) is 11.8 Å². The molecule has 128 valence electrons. The van der Waals surface area contributed by atoms with E-state index in [0.717, 1.165) is 29.7 Å². The second kappa shape index (κ2) is 6.52. The number of para-hydroxylation sites is 1. The molecule has 0 radical (unpaired) electrons. The number of carbonyl (C=O) groups is 2. The molecule has 4 rings (SSSR count). The summed E-state index contributed by atoms with van der Waals surface area (Å²) in [4.78, 5) is 24.9. The van der Waals surface area contributed by atoms with Crippen molar-refractivity contribution >= 4 is 29.1 Å². The lowest BCUT2D eigenvalue weighted by atomic mass is 9.89. The van der Waals surface area contributed by atoms with Gasteiger partial charge in [0, 0.05) is 17.1 Å². The topological polar surface area (TPSA) is 58.2 Å². The predicted molar refractivity (Wildman–Crippen MR) is 97.5 cm³/mol. The molecule has 1 aliphatic heterocycles. The molecule has 0 spiro atoms. The summed E-state index contributed by atoms with van der Waals surface area (Å²) < 4.78 is 0. The third-order valence-electron chi connectivity index (χ3n) is 4.94. The zero-order chi connectivity index (χ0) is 17.4. The number of hydrogen-bond donors (Lipinski definition) is 2.